The third-order valence-corrected chi connectivity index (χ3v) is 3.62. The van der Waals surface area contributed by atoms with Gasteiger partial charge in [0.2, 0.25) is 0 Å². The first-order chi connectivity index (χ1) is 9.38. The lowest BCUT2D eigenvalue weighted by Crippen LogP contribution is -2.28. The third kappa shape index (κ3) is 4.38. The molecule has 0 bridgehead atoms. The van der Waals surface area contributed by atoms with Gasteiger partial charge in [-0.2, -0.15) is 0 Å². The highest BCUT2D eigenvalue weighted by atomic mass is 79.9. The fourth-order valence-corrected chi connectivity index (χ4v) is 2.43. The molecule has 0 radical (unpaired) electrons. The van der Waals surface area contributed by atoms with Crippen molar-refractivity contribution in [2.75, 3.05) is 27.8 Å². The topological polar surface area (TPSA) is 59.0 Å². The van der Waals surface area contributed by atoms with Crippen LogP contribution in [0.2, 0.25) is 0 Å². The Morgan fingerprint density at radius 2 is 1.95 bits per heavy atom. The number of hydrogen-bond acceptors (Lipinski definition) is 4. The molecule has 1 rings (SSSR count). The van der Waals surface area contributed by atoms with E-state index in [1.54, 1.807) is 21.1 Å². The minimum atomic E-state index is -0.794. The van der Waals surface area contributed by atoms with Crippen LogP contribution in [0.5, 0.6) is 11.5 Å². The number of carboxylic acids is 1. The minimum Gasteiger partial charge on any atom is -0.496 e. The van der Waals surface area contributed by atoms with Crippen LogP contribution in [0.15, 0.2) is 16.6 Å². The Kier molecular flexibility index (Phi) is 6.29. The van der Waals surface area contributed by atoms with Gasteiger partial charge in [-0.15, -0.1) is 0 Å². The highest BCUT2D eigenvalue weighted by Gasteiger charge is 2.16. The summed E-state index contributed by atoms with van der Waals surface area (Å²) in [7, 11) is 5.09. The summed E-state index contributed by atoms with van der Waals surface area (Å²) >= 11 is 3.41. The molecule has 0 aliphatic rings. The molecule has 0 heterocycles. The van der Waals surface area contributed by atoms with Crippen LogP contribution >= 0.6 is 15.9 Å². The monoisotopic (exact) mass is 345 g/mol. The fraction of sp³-hybridized carbons (Fsp3) is 0.500. The van der Waals surface area contributed by atoms with Gasteiger partial charge in [0, 0.05) is 18.7 Å². The summed E-state index contributed by atoms with van der Waals surface area (Å²) in [6, 6.07) is 3.74. The number of nitrogens with zero attached hydrogens (tertiary/aromatic N) is 1. The molecule has 20 heavy (non-hydrogen) atoms. The molecule has 5 nitrogen and oxygen atoms in total. The molecule has 0 amide bonds. The molecule has 1 aromatic rings. The van der Waals surface area contributed by atoms with Gasteiger partial charge in [-0.3, -0.25) is 4.79 Å². The van der Waals surface area contributed by atoms with E-state index in [1.807, 2.05) is 24.1 Å². The standard InChI is InChI=1S/C14H20BrNO4/c1-9(14(17)18)7-16(2)8-10-5-13(20-4)11(15)6-12(10)19-3/h5-6,9H,7-8H2,1-4H3,(H,17,18). The van der Waals surface area contributed by atoms with Crippen molar-refractivity contribution in [3.8, 4) is 11.5 Å². The molecule has 1 unspecified atom stereocenters. The molecule has 0 fully saturated rings. The lowest BCUT2D eigenvalue weighted by atomic mass is 10.1. The van der Waals surface area contributed by atoms with Gasteiger partial charge in [-0.05, 0) is 35.1 Å². The molecule has 0 aliphatic carbocycles. The van der Waals surface area contributed by atoms with Crippen LogP contribution in [0.3, 0.4) is 0 Å². The van der Waals surface area contributed by atoms with E-state index in [-0.39, 0.29) is 0 Å². The third-order valence-electron chi connectivity index (χ3n) is 3.00. The molecule has 0 aromatic heterocycles. The minimum absolute atomic E-state index is 0.414. The summed E-state index contributed by atoms with van der Waals surface area (Å²) < 4.78 is 11.4. The predicted molar refractivity (Wildman–Crippen MR) is 80.4 cm³/mol. The Hall–Kier alpha value is -1.27. The molecule has 6 heteroatoms. The average molecular weight is 346 g/mol. The van der Waals surface area contributed by atoms with E-state index in [0.717, 1.165) is 21.5 Å². The average Bonchev–Trinajstić information content (AvgIpc) is 2.39. The summed E-state index contributed by atoms with van der Waals surface area (Å²) in [5.74, 6) is 0.258. The van der Waals surface area contributed by atoms with E-state index in [2.05, 4.69) is 15.9 Å². The number of carboxylic acid groups (broad SMARTS) is 1. The summed E-state index contributed by atoms with van der Waals surface area (Å²) in [5.41, 5.74) is 0.952. The van der Waals surface area contributed by atoms with Gasteiger partial charge in [0.15, 0.2) is 0 Å². The van der Waals surface area contributed by atoms with Crippen LogP contribution in [0.4, 0.5) is 0 Å². The van der Waals surface area contributed by atoms with Crippen molar-refractivity contribution in [3.63, 3.8) is 0 Å². The Bertz CT molecular complexity index is 478. The summed E-state index contributed by atoms with van der Waals surface area (Å²) in [5, 5.41) is 8.94. The molecule has 1 atom stereocenters. The molecule has 1 aromatic carbocycles. The van der Waals surface area contributed by atoms with Gasteiger partial charge in [0.25, 0.3) is 0 Å². The van der Waals surface area contributed by atoms with Crippen molar-refractivity contribution >= 4 is 21.9 Å². The molecule has 0 spiro atoms. The second-order valence-electron chi connectivity index (χ2n) is 4.73. The van der Waals surface area contributed by atoms with Gasteiger partial charge < -0.3 is 19.5 Å². The fourth-order valence-electron chi connectivity index (χ4n) is 1.95. The van der Waals surface area contributed by atoms with E-state index in [9.17, 15) is 4.79 Å². The summed E-state index contributed by atoms with van der Waals surface area (Å²) in [4.78, 5) is 12.8. The molecular weight excluding hydrogens is 326 g/mol. The van der Waals surface area contributed by atoms with Gasteiger partial charge in [-0.1, -0.05) is 6.92 Å². The van der Waals surface area contributed by atoms with E-state index >= 15 is 0 Å². The second kappa shape index (κ2) is 7.50. The van der Waals surface area contributed by atoms with Gasteiger partial charge >= 0.3 is 5.97 Å². The molecule has 0 aliphatic heterocycles. The maximum Gasteiger partial charge on any atom is 0.307 e. The molecule has 0 saturated carbocycles. The second-order valence-corrected chi connectivity index (χ2v) is 5.59. The number of methoxy groups -OCH3 is 2. The number of carbonyl (C=O) groups is 1. The number of halogens is 1. The quantitative estimate of drug-likeness (QED) is 0.823. The van der Waals surface area contributed by atoms with Gasteiger partial charge in [0.1, 0.15) is 11.5 Å². The lowest BCUT2D eigenvalue weighted by molar-refractivity contribution is -0.141. The maximum atomic E-state index is 10.9. The maximum absolute atomic E-state index is 10.9. The van der Waals surface area contributed by atoms with E-state index in [4.69, 9.17) is 14.6 Å². The zero-order valence-electron chi connectivity index (χ0n) is 12.1. The zero-order valence-corrected chi connectivity index (χ0v) is 13.7. The van der Waals surface area contributed by atoms with Gasteiger partial charge in [-0.25, -0.2) is 0 Å². The van der Waals surface area contributed by atoms with Crippen molar-refractivity contribution in [2.24, 2.45) is 5.92 Å². The smallest absolute Gasteiger partial charge is 0.307 e. The molecule has 0 saturated heterocycles. The van der Waals surface area contributed by atoms with Crippen LogP contribution in [0, 0.1) is 5.92 Å². The van der Waals surface area contributed by atoms with Crippen LogP contribution < -0.4 is 9.47 Å². The highest BCUT2D eigenvalue weighted by molar-refractivity contribution is 9.10. The van der Waals surface area contributed by atoms with Crippen LogP contribution in [-0.4, -0.2) is 43.8 Å². The van der Waals surface area contributed by atoms with E-state index in [1.165, 1.54) is 0 Å². The van der Waals surface area contributed by atoms with Crippen molar-refractivity contribution in [1.82, 2.24) is 4.90 Å². The summed E-state index contributed by atoms with van der Waals surface area (Å²) in [6.45, 7) is 2.75. The lowest BCUT2D eigenvalue weighted by Gasteiger charge is -2.21. The van der Waals surface area contributed by atoms with Crippen LogP contribution in [0.25, 0.3) is 0 Å². The first-order valence-corrected chi connectivity index (χ1v) is 7.00. The van der Waals surface area contributed by atoms with Crippen molar-refractivity contribution < 1.29 is 19.4 Å². The van der Waals surface area contributed by atoms with Crippen molar-refractivity contribution in [2.45, 2.75) is 13.5 Å². The predicted octanol–water partition coefficient (Wildman–Crippen LogP) is 2.62. The summed E-state index contributed by atoms with van der Waals surface area (Å²) in [6.07, 6.45) is 0. The number of ether oxygens (including phenoxy) is 2. The van der Waals surface area contributed by atoms with Gasteiger partial charge in [0.05, 0.1) is 24.6 Å². The van der Waals surface area contributed by atoms with E-state index < -0.39 is 11.9 Å². The number of hydrogen-bond donors (Lipinski definition) is 1. The Balaban J connectivity index is 2.87. The van der Waals surface area contributed by atoms with Crippen molar-refractivity contribution in [3.05, 3.63) is 22.2 Å². The largest absolute Gasteiger partial charge is 0.496 e. The van der Waals surface area contributed by atoms with E-state index in [0.29, 0.717) is 13.1 Å². The molecule has 112 valence electrons. The molecule has 1 N–H and O–H groups in total. The number of aliphatic carboxylic acids is 1. The first-order valence-electron chi connectivity index (χ1n) is 6.20. The highest BCUT2D eigenvalue weighted by Crippen LogP contribution is 2.33. The Morgan fingerprint density at radius 3 is 2.45 bits per heavy atom. The zero-order chi connectivity index (χ0) is 15.3. The Labute approximate surface area is 127 Å². The van der Waals surface area contributed by atoms with Crippen LogP contribution in [-0.2, 0) is 11.3 Å². The number of rotatable bonds is 7. The first kappa shape index (κ1) is 16.8. The number of benzene rings is 1. The Morgan fingerprint density at radius 1 is 1.35 bits per heavy atom. The van der Waals surface area contributed by atoms with Crippen LogP contribution in [0.1, 0.15) is 12.5 Å². The normalized spacial score (nSPS) is 12.3. The molecular formula is C14H20BrNO4. The van der Waals surface area contributed by atoms with Crippen molar-refractivity contribution in [1.29, 1.82) is 0 Å². The SMILES string of the molecule is COc1cc(CN(C)CC(C)C(=O)O)c(OC)cc1Br.